The van der Waals surface area contributed by atoms with E-state index in [4.69, 9.17) is 4.74 Å². The van der Waals surface area contributed by atoms with Crippen molar-refractivity contribution in [2.75, 3.05) is 31.6 Å². The number of benzene rings is 2. The van der Waals surface area contributed by atoms with E-state index >= 15 is 0 Å². The van der Waals surface area contributed by atoms with Crippen molar-refractivity contribution in [2.24, 2.45) is 0 Å². The molecule has 2 N–H and O–H groups in total. The number of anilines is 1. The maximum Gasteiger partial charge on any atom is 0.255 e. The number of carbonyl (C=O) groups is 3. The number of rotatable bonds is 8. The molecule has 1 unspecified atom stereocenters. The summed E-state index contributed by atoms with van der Waals surface area (Å²) in [6, 6.07) is 9.41. The van der Waals surface area contributed by atoms with Crippen LogP contribution in [0, 0.1) is 5.82 Å². The zero-order chi connectivity index (χ0) is 24.4. The summed E-state index contributed by atoms with van der Waals surface area (Å²) in [6.45, 7) is 4.10. The molecule has 35 heavy (non-hydrogen) atoms. The molecular formula is C26H29FN4O4. The number of nitrogens with one attached hydrogen (secondary N) is 2. The van der Waals surface area contributed by atoms with Crippen molar-refractivity contribution in [1.82, 2.24) is 15.1 Å². The van der Waals surface area contributed by atoms with E-state index in [1.807, 2.05) is 6.07 Å². The summed E-state index contributed by atoms with van der Waals surface area (Å²) in [6.07, 6.45) is 2.97. The average Bonchev–Trinajstić information content (AvgIpc) is 3.48. The Labute approximate surface area is 203 Å². The number of amides is 3. The molecule has 3 aliphatic rings. The number of imide groups is 1. The molecule has 0 saturated carbocycles. The first-order chi connectivity index (χ1) is 17.0. The Morgan fingerprint density at radius 2 is 1.94 bits per heavy atom. The van der Waals surface area contributed by atoms with Gasteiger partial charge in [-0.15, -0.1) is 0 Å². The van der Waals surface area contributed by atoms with Gasteiger partial charge in [0.1, 0.15) is 24.2 Å². The Kier molecular flexibility index (Phi) is 6.68. The minimum absolute atomic E-state index is 0.206. The van der Waals surface area contributed by atoms with Gasteiger partial charge in [0.05, 0.1) is 0 Å². The number of hydrogen-bond acceptors (Lipinski definition) is 6. The van der Waals surface area contributed by atoms with Crippen molar-refractivity contribution in [2.45, 2.75) is 44.8 Å². The summed E-state index contributed by atoms with van der Waals surface area (Å²) in [5.74, 6) is -0.710. The highest BCUT2D eigenvalue weighted by molar-refractivity contribution is 6.06. The molecular weight excluding hydrogens is 451 g/mol. The van der Waals surface area contributed by atoms with E-state index in [9.17, 15) is 18.8 Å². The summed E-state index contributed by atoms with van der Waals surface area (Å²) in [4.78, 5) is 40.7. The van der Waals surface area contributed by atoms with Crippen molar-refractivity contribution >= 4 is 23.4 Å². The van der Waals surface area contributed by atoms with E-state index in [0.717, 1.165) is 25.2 Å². The average molecular weight is 481 g/mol. The normalized spacial score (nSPS) is 20.2. The van der Waals surface area contributed by atoms with Gasteiger partial charge < -0.3 is 15.0 Å². The van der Waals surface area contributed by atoms with Crippen LogP contribution in [0.3, 0.4) is 0 Å². The van der Waals surface area contributed by atoms with Crippen LogP contribution in [0.5, 0.6) is 5.75 Å². The van der Waals surface area contributed by atoms with Crippen molar-refractivity contribution < 1.29 is 23.5 Å². The van der Waals surface area contributed by atoms with Crippen LogP contribution in [0.1, 0.15) is 47.2 Å². The van der Waals surface area contributed by atoms with E-state index in [0.29, 0.717) is 35.6 Å². The van der Waals surface area contributed by atoms with Gasteiger partial charge in [0.2, 0.25) is 11.8 Å². The Bertz CT molecular complexity index is 1150. The maximum absolute atomic E-state index is 14.5. The quantitative estimate of drug-likeness (QED) is 0.565. The van der Waals surface area contributed by atoms with Crippen molar-refractivity contribution in [1.29, 1.82) is 0 Å². The molecule has 9 heteroatoms. The van der Waals surface area contributed by atoms with Gasteiger partial charge >= 0.3 is 0 Å². The number of fused-ring (bicyclic) bond motifs is 1. The van der Waals surface area contributed by atoms with Gasteiger partial charge in [-0.25, -0.2) is 4.39 Å². The van der Waals surface area contributed by atoms with Gasteiger partial charge in [0, 0.05) is 48.4 Å². The minimum Gasteiger partial charge on any atom is -0.492 e. The number of piperidine rings is 1. The van der Waals surface area contributed by atoms with Gasteiger partial charge in [-0.3, -0.25) is 24.6 Å². The molecule has 1 atom stereocenters. The standard InChI is InChI=1S/C26H29FN4O4/c27-21-7-6-18(35-13-12-30-10-1-2-11-30)14-17(21)15-28-22-5-3-4-19-20(22)16-31(26(19)34)23-8-9-24(32)29-25(23)33/h3-7,14,23,28H,1-2,8-13,15-16H2,(H,29,32,33). The van der Waals surface area contributed by atoms with Gasteiger partial charge in [0.15, 0.2) is 0 Å². The second kappa shape index (κ2) is 10.0. The first kappa shape index (κ1) is 23.3. The zero-order valence-corrected chi connectivity index (χ0v) is 19.5. The molecule has 0 aromatic heterocycles. The summed E-state index contributed by atoms with van der Waals surface area (Å²) in [5.41, 5.74) is 2.46. The Balaban J connectivity index is 1.24. The number of likely N-dealkylation sites (tertiary alicyclic amines) is 1. The third-order valence-electron chi connectivity index (χ3n) is 6.94. The lowest BCUT2D eigenvalue weighted by Crippen LogP contribution is -2.52. The van der Waals surface area contributed by atoms with Gasteiger partial charge in [-0.05, 0) is 62.7 Å². The minimum atomic E-state index is -0.674. The van der Waals surface area contributed by atoms with Crippen molar-refractivity contribution in [3.8, 4) is 5.75 Å². The van der Waals surface area contributed by atoms with Crippen molar-refractivity contribution in [3.05, 3.63) is 58.9 Å². The SMILES string of the molecule is O=C1CCC(N2Cc3c(NCc4cc(OCCN5CCCC5)ccc4F)cccc3C2=O)C(=O)N1. The van der Waals surface area contributed by atoms with Crippen LogP contribution in [-0.4, -0.2) is 59.8 Å². The molecule has 2 aromatic rings. The highest BCUT2D eigenvalue weighted by Gasteiger charge is 2.39. The molecule has 3 aliphatic heterocycles. The predicted molar refractivity (Wildman–Crippen MR) is 127 cm³/mol. The van der Waals surface area contributed by atoms with Crippen LogP contribution in [0.2, 0.25) is 0 Å². The number of halogens is 1. The van der Waals surface area contributed by atoms with Gasteiger partial charge in [-0.2, -0.15) is 0 Å². The lowest BCUT2D eigenvalue weighted by Gasteiger charge is -2.29. The molecule has 0 bridgehead atoms. The fourth-order valence-electron chi connectivity index (χ4n) is 5.02. The molecule has 0 aliphatic carbocycles. The molecule has 0 spiro atoms. The summed E-state index contributed by atoms with van der Waals surface area (Å²) >= 11 is 0. The van der Waals surface area contributed by atoms with Gasteiger partial charge in [0.25, 0.3) is 5.91 Å². The molecule has 8 nitrogen and oxygen atoms in total. The largest absolute Gasteiger partial charge is 0.492 e. The highest BCUT2D eigenvalue weighted by atomic mass is 19.1. The van der Waals surface area contributed by atoms with E-state index < -0.39 is 11.9 Å². The van der Waals surface area contributed by atoms with E-state index in [-0.39, 0.29) is 37.1 Å². The number of carbonyl (C=O) groups excluding carboxylic acids is 3. The van der Waals surface area contributed by atoms with Crippen LogP contribution in [0.15, 0.2) is 36.4 Å². The van der Waals surface area contributed by atoms with Crippen LogP contribution in [0.4, 0.5) is 10.1 Å². The molecule has 184 valence electrons. The predicted octanol–water partition coefficient (Wildman–Crippen LogP) is 2.67. The topological polar surface area (TPSA) is 91.0 Å². The Morgan fingerprint density at radius 1 is 1.11 bits per heavy atom. The summed E-state index contributed by atoms with van der Waals surface area (Å²) in [7, 11) is 0. The van der Waals surface area contributed by atoms with E-state index in [1.54, 1.807) is 24.3 Å². The smallest absolute Gasteiger partial charge is 0.255 e. The second-order valence-corrected chi connectivity index (χ2v) is 9.24. The second-order valence-electron chi connectivity index (χ2n) is 9.24. The zero-order valence-electron chi connectivity index (χ0n) is 19.5. The number of nitrogens with zero attached hydrogens (tertiary/aromatic N) is 2. The summed E-state index contributed by atoms with van der Waals surface area (Å²) in [5, 5.41) is 5.57. The summed E-state index contributed by atoms with van der Waals surface area (Å²) < 4.78 is 20.4. The molecule has 3 heterocycles. The molecule has 2 saturated heterocycles. The first-order valence-corrected chi connectivity index (χ1v) is 12.1. The van der Waals surface area contributed by atoms with E-state index in [1.165, 1.54) is 23.8 Å². The highest BCUT2D eigenvalue weighted by Crippen LogP contribution is 2.32. The fourth-order valence-corrected chi connectivity index (χ4v) is 5.02. The van der Waals surface area contributed by atoms with Crippen LogP contribution in [-0.2, 0) is 22.7 Å². The maximum atomic E-state index is 14.5. The van der Waals surface area contributed by atoms with E-state index in [2.05, 4.69) is 15.5 Å². The van der Waals surface area contributed by atoms with Gasteiger partial charge in [-0.1, -0.05) is 6.07 Å². The Morgan fingerprint density at radius 3 is 2.74 bits per heavy atom. The van der Waals surface area contributed by atoms with Crippen LogP contribution < -0.4 is 15.4 Å². The third kappa shape index (κ3) is 5.00. The van der Waals surface area contributed by atoms with Crippen LogP contribution >= 0.6 is 0 Å². The van der Waals surface area contributed by atoms with Crippen molar-refractivity contribution in [3.63, 3.8) is 0 Å². The molecule has 0 radical (unpaired) electrons. The molecule has 5 rings (SSSR count). The first-order valence-electron chi connectivity index (χ1n) is 12.1. The Hall–Kier alpha value is -3.46. The van der Waals surface area contributed by atoms with Crippen LogP contribution in [0.25, 0.3) is 0 Å². The fraction of sp³-hybridized carbons (Fsp3) is 0.423. The monoisotopic (exact) mass is 480 g/mol. The molecule has 2 aromatic carbocycles. The third-order valence-corrected chi connectivity index (χ3v) is 6.94. The molecule has 3 amide bonds. The lowest BCUT2D eigenvalue weighted by molar-refractivity contribution is -0.136. The molecule has 2 fully saturated rings. The lowest BCUT2D eigenvalue weighted by atomic mass is 10.0. The number of ether oxygens (including phenoxy) is 1. The number of hydrogen-bond donors (Lipinski definition) is 2.